The van der Waals surface area contributed by atoms with E-state index in [1.165, 1.54) is 14.0 Å². The number of hydrogen-bond donors (Lipinski definition) is 2. The number of amides is 1. The van der Waals surface area contributed by atoms with Crippen molar-refractivity contribution >= 4 is 39.4 Å². The Hall–Kier alpha value is -3.65. The van der Waals surface area contributed by atoms with Gasteiger partial charge in [-0.3, -0.25) is 14.4 Å². The second kappa shape index (κ2) is 24.8. The van der Waals surface area contributed by atoms with E-state index in [-0.39, 0.29) is 61.6 Å². The monoisotopic (exact) mass is 968 g/mol. The Morgan fingerprint density at radius 1 is 1.01 bits per heavy atom. The number of benzene rings is 1. The number of unbranched alkanes of at least 4 members (excludes halogenated alkanes) is 1. The van der Waals surface area contributed by atoms with Gasteiger partial charge in [0.25, 0.3) is 5.67 Å². The summed E-state index contributed by atoms with van der Waals surface area (Å²) in [5.41, 5.74) is -4.18. The SMILES string of the molecule is C.C.C.C.C.CC[C@H]1OC(=O)C(C)(F)C(=O)[C@H](C)[C@@H](O[C@@H]2OC(C)CC(N(C)C)C2O)[C@](C)(OC)C[C@@H](C)CN[C@H](C)[C@H]2N(CCCCn3cc(-c4nc5ccccc5s4)nn3)C(=O)O[C@]12C. The molecule has 13 atom stereocenters. The van der Waals surface area contributed by atoms with Crippen molar-refractivity contribution in [1.29, 1.82) is 0 Å². The summed E-state index contributed by atoms with van der Waals surface area (Å²) in [5.74, 6) is -3.85. The number of ketones is 1. The lowest BCUT2D eigenvalue weighted by atomic mass is 9.78. The third-order valence-corrected chi connectivity index (χ3v) is 14.2. The second-order valence-electron chi connectivity index (χ2n) is 18.4. The highest BCUT2D eigenvalue weighted by molar-refractivity contribution is 7.21. The first-order valence-corrected chi connectivity index (χ1v) is 22.7. The van der Waals surface area contributed by atoms with Crippen LogP contribution in [0.3, 0.4) is 0 Å². The summed E-state index contributed by atoms with van der Waals surface area (Å²) in [7, 11) is 5.21. The molecular formula is C49H86FN7O9S. The Balaban J connectivity index is 0.00000449. The van der Waals surface area contributed by atoms with Crippen LogP contribution in [0.2, 0.25) is 0 Å². The number of nitrogens with zero attached hydrogens (tertiary/aromatic N) is 6. The Morgan fingerprint density at radius 2 is 1.67 bits per heavy atom. The van der Waals surface area contributed by atoms with Crippen molar-refractivity contribution in [2.45, 2.75) is 197 Å². The number of halogens is 1. The Bertz CT molecular complexity index is 2000. The Morgan fingerprint density at radius 3 is 2.30 bits per heavy atom. The first-order valence-electron chi connectivity index (χ1n) is 21.9. The van der Waals surface area contributed by atoms with Crippen molar-refractivity contribution in [1.82, 2.24) is 35.1 Å². The standard InChI is InChI=1S/C44H66FN7O9S.5CH4/c1-12-33-44(8)35(52(41(56)61-44)20-16-15-19-51-24-30(48-49-51)38-47-29-17-13-14-18-32(29)62-38)28(5)46-23-25(2)22-42(6,57-11)37(27(4)36(54)43(7,45)40(55)59-33)60-39-34(53)31(50(9)10)21-26(3)58-39;;;;;/h13-14,17-18,24-28,31,33-35,37,39,46,53H,12,15-16,19-23H2,1-11H3;5*1H4/t25-,26?,27+,28-,31?,33-,34?,35-,37-,39+,42-,43?,44-;;;;;/m1...../s1. The number of Topliss-reactive ketones (excluding diaryl/α,β-unsaturated/α-hetero) is 1. The van der Waals surface area contributed by atoms with E-state index in [0.29, 0.717) is 51.0 Å². The quantitative estimate of drug-likeness (QED) is 0.106. The molecule has 6 rings (SSSR count). The second-order valence-corrected chi connectivity index (χ2v) is 19.4. The summed E-state index contributed by atoms with van der Waals surface area (Å²) >= 11 is 1.56. The number of esters is 1. The molecule has 3 aliphatic rings. The molecule has 384 valence electrons. The van der Waals surface area contributed by atoms with E-state index in [4.69, 9.17) is 23.7 Å². The molecule has 0 spiro atoms. The van der Waals surface area contributed by atoms with E-state index in [9.17, 15) is 19.5 Å². The Kier molecular flexibility index (Phi) is 22.7. The molecule has 3 saturated heterocycles. The van der Waals surface area contributed by atoms with Crippen LogP contribution in [0.25, 0.3) is 20.9 Å². The molecule has 1 amide bonds. The van der Waals surface area contributed by atoms with Gasteiger partial charge in [0, 0.05) is 38.2 Å². The van der Waals surface area contributed by atoms with Crippen molar-refractivity contribution in [3.8, 4) is 10.7 Å². The maximum Gasteiger partial charge on any atom is 0.410 e. The van der Waals surface area contributed by atoms with E-state index < -0.39 is 77.3 Å². The number of cyclic esters (lactones) is 1. The number of aliphatic hydroxyl groups excluding tert-OH is 1. The molecule has 18 heteroatoms. The number of rotatable bonds is 11. The summed E-state index contributed by atoms with van der Waals surface area (Å²) < 4.78 is 50.8. The number of carbonyl (C=O) groups is 3. The first-order chi connectivity index (χ1) is 29.2. The van der Waals surface area contributed by atoms with Gasteiger partial charge in [-0.15, -0.1) is 16.4 Å². The molecule has 0 bridgehead atoms. The third-order valence-electron chi connectivity index (χ3n) is 13.2. The van der Waals surface area contributed by atoms with Crippen LogP contribution in [0.15, 0.2) is 30.5 Å². The van der Waals surface area contributed by atoms with Crippen molar-refractivity contribution in [3.05, 3.63) is 30.5 Å². The minimum Gasteiger partial charge on any atom is -0.455 e. The fourth-order valence-electron chi connectivity index (χ4n) is 9.71. The van der Waals surface area contributed by atoms with Gasteiger partial charge in [-0.1, -0.05) is 75.3 Å². The number of likely N-dealkylation sites (N-methyl/N-ethyl adjacent to an activating group) is 1. The van der Waals surface area contributed by atoms with Gasteiger partial charge >= 0.3 is 12.1 Å². The fourth-order valence-corrected chi connectivity index (χ4v) is 10.6. The molecule has 0 aliphatic carbocycles. The zero-order chi connectivity index (χ0) is 45.3. The third kappa shape index (κ3) is 12.8. The topological polar surface area (TPSA) is 180 Å². The average Bonchev–Trinajstić information content (AvgIpc) is 3.95. The molecule has 16 nitrogen and oxygen atoms in total. The molecule has 3 fully saturated rings. The zero-order valence-corrected chi connectivity index (χ0v) is 38.8. The summed E-state index contributed by atoms with van der Waals surface area (Å²) in [6.07, 6.45) is -1.23. The van der Waals surface area contributed by atoms with Gasteiger partial charge < -0.3 is 39.0 Å². The fraction of sp³-hybridized carbons (Fsp3) is 0.755. The highest BCUT2D eigenvalue weighted by Crippen LogP contribution is 2.41. The van der Waals surface area contributed by atoms with Gasteiger partial charge in [0.05, 0.1) is 40.3 Å². The van der Waals surface area contributed by atoms with Crippen LogP contribution in [0, 0.1) is 11.8 Å². The lowest BCUT2D eigenvalue weighted by Crippen LogP contribution is -2.61. The molecule has 2 aromatic heterocycles. The molecule has 3 aliphatic heterocycles. The predicted octanol–water partition coefficient (Wildman–Crippen LogP) is 8.58. The number of thiazole rings is 1. The number of hydrogen-bond acceptors (Lipinski definition) is 15. The maximum atomic E-state index is 17.0. The molecule has 2 N–H and O–H groups in total. The number of carbonyl (C=O) groups excluding carboxylic acids is 3. The van der Waals surface area contributed by atoms with Crippen molar-refractivity contribution in [2.24, 2.45) is 11.8 Å². The molecular weight excluding hydrogens is 882 g/mol. The van der Waals surface area contributed by atoms with Crippen LogP contribution >= 0.6 is 11.3 Å². The van der Waals surface area contributed by atoms with Crippen LogP contribution in [0.1, 0.15) is 125 Å². The number of para-hydroxylation sites is 1. The molecule has 0 saturated carbocycles. The summed E-state index contributed by atoms with van der Waals surface area (Å²) in [4.78, 5) is 50.4. The number of aliphatic hydroxyl groups is 1. The number of fused-ring (bicyclic) bond motifs is 2. The molecule has 0 radical (unpaired) electrons. The minimum atomic E-state index is -3.13. The van der Waals surface area contributed by atoms with Crippen LogP contribution in [-0.4, -0.2) is 153 Å². The van der Waals surface area contributed by atoms with Gasteiger partial charge in [-0.2, -0.15) is 0 Å². The van der Waals surface area contributed by atoms with E-state index in [1.807, 2.05) is 70.2 Å². The van der Waals surface area contributed by atoms with Crippen LogP contribution in [0.5, 0.6) is 0 Å². The molecule has 1 aromatic carbocycles. The highest BCUT2D eigenvalue weighted by atomic mass is 32.1. The van der Waals surface area contributed by atoms with E-state index >= 15 is 4.39 Å². The lowest BCUT2D eigenvalue weighted by molar-refractivity contribution is -0.295. The van der Waals surface area contributed by atoms with Gasteiger partial charge in [-0.05, 0) is 105 Å². The first kappa shape index (κ1) is 61.4. The van der Waals surface area contributed by atoms with Crippen molar-refractivity contribution in [2.75, 3.05) is 34.3 Å². The minimum absolute atomic E-state index is 0. The van der Waals surface area contributed by atoms with E-state index in [2.05, 4.69) is 20.6 Å². The average molecular weight is 968 g/mol. The normalized spacial score (nSPS) is 33.9. The number of aryl methyl sites for hydroxylation is 1. The van der Waals surface area contributed by atoms with Gasteiger partial charge in [-0.25, -0.2) is 19.0 Å². The van der Waals surface area contributed by atoms with Crippen molar-refractivity contribution in [3.63, 3.8) is 0 Å². The lowest BCUT2D eigenvalue weighted by Gasteiger charge is -2.47. The predicted molar refractivity (Wildman–Crippen MR) is 265 cm³/mol. The summed E-state index contributed by atoms with van der Waals surface area (Å²) in [6.45, 7) is 14.8. The van der Waals surface area contributed by atoms with Crippen LogP contribution < -0.4 is 5.32 Å². The molecule has 4 unspecified atom stereocenters. The molecule has 3 aromatic rings. The Labute approximate surface area is 405 Å². The number of alkyl halides is 1. The van der Waals surface area contributed by atoms with E-state index in [0.717, 1.165) is 22.1 Å². The number of aromatic nitrogens is 4. The van der Waals surface area contributed by atoms with Gasteiger partial charge in [0.2, 0.25) is 0 Å². The zero-order valence-electron chi connectivity index (χ0n) is 38.0. The smallest absolute Gasteiger partial charge is 0.410 e. The van der Waals surface area contributed by atoms with Crippen LogP contribution in [0.4, 0.5) is 9.18 Å². The largest absolute Gasteiger partial charge is 0.455 e. The molecule has 5 heterocycles. The summed E-state index contributed by atoms with van der Waals surface area (Å²) in [5, 5.41) is 24.5. The van der Waals surface area contributed by atoms with Crippen molar-refractivity contribution < 1.29 is 47.6 Å². The maximum absolute atomic E-state index is 17.0. The van der Waals surface area contributed by atoms with Gasteiger partial charge in [0.15, 0.2) is 17.7 Å². The highest BCUT2D eigenvalue weighted by Gasteiger charge is 2.60. The number of methoxy groups -OCH3 is 1. The van der Waals surface area contributed by atoms with Gasteiger partial charge in [0.1, 0.15) is 22.9 Å². The molecule has 67 heavy (non-hydrogen) atoms. The number of nitrogens with one attached hydrogen (secondary N) is 1. The van der Waals surface area contributed by atoms with E-state index in [1.54, 1.807) is 41.7 Å². The number of ether oxygens (including phenoxy) is 5. The van der Waals surface area contributed by atoms with Crippen LogP contribution in [-0.2, 0) is 39.8 Å². The summed E-state index contributed by atoms with van der Waals surface area (Å²) in [6, 6.07) is 6.56.